The van der Waals surface area contributed by atoms with Gasteiger partial charge in [-0.25, -0.2) is 9.59 Å². The second-order valence-electron chi connectivity index (χ2n) is 14.3. The number of aliphatic carboxylic acids is 2. The molecule has 6 heteroatoms. The molecule has 0 unspecified atom stereocenters. The molecule has 2 N–H and O–H groups in total. The molecule has 57 heavy (non-hydrogen) atoms. The predicted molar refractivity (Wildman–Crippen MR) is 233 cm³/mol. The molecule has 0 radical (unpaired) electrons. The van der Waals surface area contributed by atoms with Gasteiger partial charge in [0.2, 0.25) is 0 Å². The van der Waals surface area contributed by atoms with E-state index in [4.69, 9.17) is 10.2 Å². The van der Waals surface area contributed by atoms with Crippen LogP contribution in [0.4, 0.5) is 0 Å². The van der Waals surface area contributed by atoms with Gasteiger partial charge in [-0.05, 0) is 80.1 Å². The smallest absolute Gasteiger partial charge is 0.331 e. The summed E-state index contributed by atoms with van der Waals surface area (Å²) in [5.74, 6) is -2.45. The molecule has 0 saturated carbocycles. The Labute approximate surface area is 339 Å². The first-order valence-corrected chi connectivity index (χ1v) is 19.4. The Hall–Kier alpha value is -6.08. The number of carbonyl (C=O) groups is 2. The van der Waals surface area contributed by atoms with Gasteiger partial charge in [-0.1, -0.05) is 182 Å². The summed E-state index contributed by atoms with van der Waals surface area (Å²) in [4.78, 5) is 24.6. The van der Waals surface area contributed by atoms with Crippen molar-refractivity contribution in [3.63, 3.8) is 0 Å². The molecule has 0 bridgehead atoms. The highest BCUT2D eigenvalue weighted by Gasteiger charge is 2.18. The molecule has 6 aromatic rings. The summed E-state index contributed by atoms with van der Waals surface area (Å²) in [5, 5.41) is 16.1. The molecular weight excluding hydrogens is 705 g/mol. The van der Waals surface area contributed by atoms with E-state index in [-0.39, 0.29) is 5.57 Å². The highest BCUT2D eigenvalue weighted by molar-refractivity contribution is 5.94. The summed E-state index contributed by atoms with van der Waals surface area (Å²) in [6, 6.07) is 65.7. The zero-order valence-corrected chi connectivity index (χ0v) is 33.4. The first kappa shape index (κ1) is 43.6. The Bertz CT molecular complexity index is 1810. The molecule has 0 atom stereocenters. The van der Waals surface area contributed by atoms with E-state index < -0.39 is 11.9 Å². The Morgan fingerprint density at radius 1 is 0.439 bits per heavy atom. The third-order valence-electron chi connectivity index (χ3n) is 9.73. The number of rotatable bonds is 16. The molecule has 6 aromatic carbocycles. The number of carboxylic acids is 2. The zero-order chi connectivity index (χ0) is 40.7. The van der Waals surface area contributed by atoms with Crippen LogP contribution >= 0.6 is 0 Å². The lowest BCUT2D eigenvalue weighted by Gasteiger charge is -2.28. The minimum atomic E-state index is -1.24. The molecular formula is C51H56N2O4. The average Bonchev–Trinajstić information content (AvgIpc) is 3.23. The van der Waals surface area contributed by atoms with Gasteiger partial charge in [-0.3, -0.25) is 9.80 Å². The SMILES string of the molecule is C/C(=C/C(=O)O)C(=O)O.CN(Cc1ccccc1)C(Cc1ccccc1)Cc1ccccc1.CN(Cc1ccccc1)C(Cc1ccccc1)Cc1ccccc1. The summed E-state index contributed by atoms with van der Waals surface area (Å²) >= 11 is 0. The van der Waals surface area contributed by atoms with Crippen LogP contribution in [0, 0.1) is 0 Å². The van der Waals surface area contributed by atoms with Crippen LogP contribution in [-0.2, 0) is 48.4 Å². The fourth-order valence-corrected chi connectivity index (χ4v) is 6.56. The molecule has 6 nitrogen and oxygen atoms in total. The van der Waals surface area contributed by atoms with Gasteiger partial charge in [0.1, 0.15) is 0 Å². The molecule has 0 fully saturated rings. The van der Waals surface area contributed by atoms with Crippen molar-refractivity contribution in [3.8, 4) is 0 Å². The minimum Gasteiger partial charge on any atom is -0.478 e. The molecule has 0 spiro atoms. The van der Waals surface area contributed by atoms with Crippen LogP contribution in [0.25, 0.3) is 0 Å². The van der Waals surface area contributed by atoms with Gasteiger partial charge < -0.3 is 10.2 Å². The van der Waals surface area contributed by atoms with Gasteiger partial charge >= 0.3 is 11.9 Å². The first-order chi connectivity index (χ1) is 27.7. The number of benzene rings is 6. The van der Waals surface area contributed by atoms with Crippen LogP contribution in [0.15, 0.2) is 194 Å². The topological polar surface area (TPSA) is 81.1 Å². The van der Waals surface area contributed by atoms with Gasteiger partial charge in [0.05, 0.1) is 0 Å². The first-order valence-electron chi connectivity index (χ1n) is 19.4. The van der Waals surface area contributed by atoms with E-state index in [1.54, 1.807) is 0 Å². The lowest BCUT2D eigenvalue weighted by molar-refractivity contribution is -0.135. The van der Waals surface area contributed by atoms with Crippen molar-refractivity contribution < 1.29 is 19.8 Å². The second-order valence-corrected chi connectivity index (χ2v) is 14.3. The number of hydrogen-bond acceptors (Lipinski definition) is 4. The Balaban J connectivity index is 0.000000209. The predicted octanol–water partition coefficient (Wildman–Crippen LogP) is 10.0. The lowest BCUT2D eigenvalue weighted by Crippen LogP contribution is -2.35. The van der Waals surface area contributed by atoms with Crippen LogP contribution in [0.1, 0.15) is 40.3 Å². The fraction of sp³-hybridized carbons (Fsp3) is 0.216. The standard InChI is InChI=1S/2C23H25N.C5H6O4/c2*1-24(19-22-15-9-4-10-16-22)23(17-20-11-5-2-6-12-20)18-21-13-7-3-8-14-21;1-3(5(8)9)2-4(6)7/h2*2-16,23H,17-19H2,1H3;2H,1H3,(H,6,7)(H,8,9)/b;;3-2-. The molecule has 0 aliphatic rings. The van der Waals surface area contributed by atoms with E-state index in [2.05, 4.69) is 206 Å². The van der Waals surface area contributed by atoms with Gasteiger partial charge in [-0.2, -0.15) is 0 Å². The molecule has 0 aromatic heterocycles. The maximum absolute atomic E-state index is 9.90. The monoisotopic (exact) mass is 760 g/mol. The van der Waals surface area contributed by atoms with Crippen LogP contribution in [0.5, 0.6) is 0 Å². The summed E-state index contributed by atoms with van der Waals surface area (Å²) in [6.07, 6.45) is 4.92. The van der Waals surface area contributed by atoms with E-state index in [0.717, 1.165) is 38.8 Å². The minimum absolute atomic E-state index is 0.178. The summed E-state index contributed by atoms with van der Waals surface area (Å²) in [7, 11) is 4.48. The van der Waals surface area contributed by atoms with Crippen LogP contribution < -0.4 is 0 Å². The van der Waals surface area contributed by atoms with Crippen molar-refractivity contribution in [2.75, 3.05) is 14.1 Å². The van der Waals surface area contributed by atoms with Crippen molar-refractivity contribution in [2.24, 2.45) is 0 Å². The van der Waals surface area contributed by atoms with Gasteiger partial charge in [0.25, 0.3) is 0 Å². The Morgan fingerprint density at radius 3 is 0.860 bits per heavy atom. The normalized spacial score (nSPS) is 11.1. The van der Waals surface area contributed by atoms with E-state index in [1.807, 2.05) is 0 Å². The summed E-state index contributed by atoms with van der Waals surface area (Å²) < 4.78 is 0. The second kappa shape index (κ2) is 24.4. The zero-order valence-electron chi connectivity index (χ0n) is 33.4. The largest absolute Gasteiger partial charge is 0.478 e. The highest BCUT2D eigenvalue weighted by atomic mass is 16.4. The fourth-order valence-electron chi connectivity index (χ4n) is 6.56. The third kappa shape index (κ3) is 17.1. The Morgan fingerprint density at radius 2 is 0.667 bits per heavy atom. The molecule has 0 aliphatic carbocycles. The van der Waals surface area contributed by atoms with E-state index >= 15 is 0 Å². The lowest BCUT2D eigenvalue weighted by atomic mass is 9.97. The molecule has 0 saturated heterocycles. The highest BCUT2D eigenvalue weighted by Crippen LogP contribution is 2.18. The third-order valence-corrected chi connectivity index (χ3v) is 9.73. The Kier molecular flexibility index (Phi) is 18.7. The average molecular weight is 761 g/mol. The number of hydrogen-bond donors (Lipinski definition) is 2. The molecule has 0 amide bonds. The molecule has 0 aliphatic heterocycles. The van der Waals surface area contributed by atoms with E-state index in [9.17, 15) is 9.59 Å². The number of nitrogens with zero attached hydrogens (tertiary/aromatic N) is 2. The quantitative estimate of drug-likeness (QED) is 0.0957. The van der Waals surface area contributed by atoms with Crippen molar-refractivity contribution in [1.29, 1.82) is 0 Å². The molecule has 6 rings (SSSR count). The van der Waals surface area contributed by atoms with Gasteiger partial charge in [0.15, 0.2) is 0 Å². The van der Waals surface area contributed by atoms with Crippen molar-refractivity contribution >= 4 is 11.9 Å². The van der Waals surface area contributed by atoms with Crippen LogP contribution in [-0.4, -0.2) is 58.1 Å². The van der Waals surface area contributed by atoms with E-state index in [0.29, 0.717) is 18.2 Å². The van der Waals surface area contributed by atoms with Crippen molar-refractivity contribution in [2.45, 2.75) is 57.8 Å². The molecule has 0 heterocycles. The maximum atomic E-state index is 9.90. The molecule has 294 valence electrons. The van der Waals surface area contributed by atoms with E-state index in [1.165, 1.54) is 40.3 Å². The van der Waals surface area contributed by atoms with Crippen molar-refractivity contribution in [1.82, 2.24) is 9.80 Å². The maximum Gasteiger partial charge on any atom is 0.331 e. The van der Waals surface area contributed by atoms with Crippen molar-refractivity contribution in [3.05, 3.63) is 227 Å². The number of carboxylic acid groups (broad SMARTS) is 2. The van der Waals surface area contributed by atoms with Gasteiger partial charge in [0, 0.05) is 36.8 Å². The summed E-state index contributed by atoms with van der Waals surface area (Å²) in [5.41, 5.74) is 8.16. The summed E-state index contributed by atoms with van der Waals surface area (Å²) in [6.45, 7) is 3.17. The van der Waals surface area contributed by atoms with Gasteiger partial charge in [-0.15, -0.1) is 0 Å². The number of likely N-dealkylation sites (N-methyl/N-ethyl adjacent to an activating group) is 2. The van der Waals surface area contributed by atoms with Crippen LogP contribution in [0.3, 0.4) is 0 Å². The van der Waals surface area contributed by atoms with Crippen LogP contribution in [0.2, 0.25) is 0 Å².